The number of nitrogens with one attached hydrogen (secondary N) is 1. The maximum Gasteiger partial charge on any atom is 0.148 e. The highest BCUT2D eigenvalue weighted by molar-refractivity contribution is 9.11. The quantitative estimate of drug-likeness (QED) is 0.246. The maximum atomic E-state index is 6.19. The molecule has 0 amide bonds. The number of halogens is 2. The maximum absolute atomic E-state index is 6.19. The van der Waals surface area contributed by atoms with Crippen LogP contribution in [0.15, 0.2) is 87.8 Å². The molecule has 0 bridgehead atoms. The van der Waals surface area contributed by atoms with Crippen LogP contribution >= 0.6 is 31.9 Å². The molecule has 0 aromatic heterocycles. The van der Waals surface area contributed by atoms with Crippen LogP contribution in [0.2, 0.25) is 0 Å². The van der Waals surface area contributed by atoms with Gasteiger partial charge in [0.25, 0.3) is 0 Å². The first-order valence-electron chi connectivity index (χ1n) is 10.2. The third-order valence-electron chi connectivity index (χ3n) is 4.97. The number of hydrogen-bond donors (Lipinski definition) is 1. The predicted octanol–water partition coefficient (Wildman–Crippen LogP) is 7.95. The smallest absolute Gasteiger partial charge is 0.148 e. The third-order valence-corrected chi connectivity index (χ3v) is 6.15. The minimum Gasteiger partial charge on any atom is -0.494 e. The van der Waals surface area contributed by atoms with Crippen LogP contribution in [0.4, 0.5) is 5.69 Å². The van der Waals surface area contributed by atoms with Gasteiger partial charge in [-0.2, -0.15) is 0 Å². The van der Waals surface area contributed by atoms with Crippen molar-refractivity contribution < 1.29 is 9.47 Å². The van der Waals surface area contributed by atoms with E-state index in [1.165, 1.54) is 10.8 Å². The Labute approximate surface area is 199 Å². The third kappa shape index (κ3) is 5.41. The Morgan fingerprint density at radius 2 is 1.52 bits per heavy atom. The molecular weight excluding hydrogens is 518 g/mol. The minimum atomic E-state index is 0.502. The second-order valence-electron chi connectivity index (χ2n) is 7.13. The van der Waals surface area contributed by atoms with Crippen molar-refractivity contribution in [2.24, 2.45) is 0 Å². The van der Waals surface area contributed by atoms with Gasteiger partial charge in [0.2, 0.25) is 0 Å². The summed E-state index contributed by atoms with van der Waals surface area (Å²) < 4.78 is 13.5. The van der Waals surface area contributed by atoms with Gasteiger partial charge in [-0.1, -0.05) is 42.5 Å². The van der Waals surface area contributed by atoms with Gasteiger partial charge in [0.15, 0.2) is 0 Å². The van der Waals surface area contributed by atoms with Crippen molar-refractivity contribution in [2.45, 2.75) is 20.1 Å². The van der Waals surface area contributed by atoms with Crippen LogP contribution in [0.1, 0.15) is 18.1 Å². The zero-order valence-electron chi connectivity index (χ0n) is 17.2. The van der Waals surface area contributed by atoms with Crippen molar-refractivity contribution >= 4 is 48.3 Å². The minimum absolute atomic E-state index is 0.502. The van der Waals surface area contributed by atoms with Crippen LogP contribution in [-0.4, -0.2) is 6.61 Å². The van der Waals surface area contributed by atoms with Gasteiger partial charge in [-0.15, -0.1) is 0 Å². The highest BCUT2D eigenvalue weighted by Gasteiger charge is 2.11. The van der Waals surface area contributed by atoms with E-state index in [0.717, 1.165) is 37.3 Å². The lowest BCUT2D eigenvalue weighted by molar-refractivity contribution is 0.303. The van der Waals surface area contributed by atoms with Gasteiger partial charge in [0, 0.05) is 12.2 Å². The van der Waals surface area contributed by atoms with Gasteiger partial charge in [-0.3, -0.25) is 0 Å². The van der Waals surface area contributed by atoms with Gasteiger partial charge < -0.3 is 14.8 Å². The fraction of sp³-hybridized carbons (Fsp3) is 0.154. The summed E-state index contributed by atoms with van der Waals surface area (Å²) in [5, 5.41) is 5.88. The molecule has 0 aliphatic rings. The lowest BCUT2D eigenvalue weighted by Crippen LogP contribution is -2.02. The fourth-order valence-electron chi connectivity index (χ4n) is 3.46. The molecule has 0 fully saturated rings. The summed E-state index contributed by atoms with van der Waals surface area (Å²) in [6, 6.07) is 26.8. The van der Waals surface area contributed by atoms with Crippen molar-refractivity contribution in [2.75, 3.05) is 11.9 Å². The van der Waals surface area contributed by atoms with Crippen LogP contribution in [0.5, 0.6) is 11.5 Å². The average molecular weight is 541 g/mol. The molecule has 3 nitrogen and oxygen atoms in total. The van der Waals surface area contributed by atoms with Crippen LogP contribution in [-0.2, 0) is 13.2 Å². The molecule has 31 heavy (non-hydrogen) atoms. The standard InChI is InChI=1S/C26H23Br2NO2/c1-2-30-22-12-10-21(11-13-22)29-16-18-14-24(27)26(25(28)15-18)31-17-20-8-5-7-19-6-3-4-9-23(19)20/h3-15,29H,2,16-17H2,1H3. The van der Waals surface area contributed by atoms with E-state index in [0.29, 0.717) is 19.8 Å². The molecule has 0 atom stereocenters. The van der Waals surface area contributed by atoms with E-state index in [2.05, 4.69) is 91.8 Å². The fourth-order valence-corrected chi connectivity index (χ4v) is 4.97. The molecule has 4 rings (SSSR count). The Kier molecular flexibility index (Phi) is 7.15. The van der Waals surface area contributed by atoms with Crippen molar-refractivity contribution in [1.29, 1.82) is 0 Å². The molecule has 0 saturated carbocycles. The van der Waals surface area contributed by atoms with Crippen molar-refractivity contribution in [3.8, 4) is 11.5 Å². The Morgan fingerprint density at radius 1 is 0.806 bits per heavy atom. The first kappa shape index (κ1) is 21.7. The largest absolute Gasteiger partial charge is 0.494 e. The molecule has 0 aliphatic carbocycles. The number of hydrogen-bond acceptors (Lipinski definition) is 3. The highest BCUT2D eigenvalue weighted by atomic mass is 79.9. The molecule has 5 heteroatoms. The molecule has 0 aliphatic heterocycles. The summed E-state index contributed by atoms with van der Waals surface area (Å²) in [6.45, 7) is 3.86. The van der Waals surface area contributed by atoms with E-state index < -0.39 is 0 Å². The molecule has 0 radical (unpaired) electrons. The van der Waals surface area contributed by atoms with Gasteiger partial charge in [-0.25, -0.2) is 0 Å². The molecular formula is C26H23Br2NO2. The van der Waals surface area contributed by atoms with Gasteiger partial charge in [0.05, 0.1) is 15.6 Å². The molecule has 0 unspecified atom stereocenters. The van der Waals surface area contributed by atoms with Crippen molar-refractivity contribution in [3.05, 3.63) is 98.9 Å². The normalized spacial score (nSPS) is 10.8. The van der Waals surface area contributed by atoms with Gasteiger partial charge in [0.1, 0.15) is 18.1 Å². The molecule has 4 aromatic carbocycles. The Hall–Kier alpha value is -2.50. The number of fused-ring (bicyclic) bond motifs is 1. The highest BCUT2D eigenvalue weighted by Crippen LogP contribution is 2.36. The summed E-state index contributed by atoms with van der Waals surface area (Å²) in [6.07, 6.45) is 0. The van der Waals surface area contributed by atoms with Crippen molar-refractivity contribution in [3.63, 3.8) is 0 Å². The number of anilines is 1. The zero-order chi connectivity index (χ0) is 21.6. The lowest BCUT2D eigenvalue weighted by atomic mass is 10.1. The van der Waals surface area contributed by atoms with E-state index in [1.807, 2.05) is 31.2 Å². The monoisotopic (exact) mass is 539 g/mol. The molecule has 4 aromatic rings. The second-order valence-corrected chi connectivity index (χ2v) is 8.84. The summed E-state index contributed by atoms with van der Waals surface area (Å²) in [4.78, 5) is 0. The first-order chi connectivity index (χ1) is 15.1. The number of ether oxygens (including phenoxy) is 2. The summed E-state index contributed by atoms with van der Waals surface area (Å²) >= 11 is 7.35. The first-order valence-corrected chi connectivity index (χ1v) is 11.8. The van der Waals surface area contributed by atoms with E-state index in [9.17, 15) is 0 Å². The molecule has 1 N–H and O–H groups in total. The van der Waals surface area contributed by atoms with Crippen LogP contribution < -0.4 is 14.8 Å². The number of benzene rings is 4. The molecule has 0 saturated heterocycles. The topological polar surface area (TPSA) is 30.5 Å². The van der Waals surface area contributed by atoms with Crippen LogP contribution in [0.3, 0.4) is 0 Å². The van der Waals surface area contributed by atoms with E-state index in [-0.39, 0.29) is 0 Å². The zero-order valence-corrected chi connectivity index (χ0v) is 20.4. The van der Waals surface area contributed by atoms with E-state index in [1.54, 1.807) is 0 Å². The Morgan fingerprint density at radius 3 is 2.26 bits per heavy atom. The van der Waals surface area contributed by atoms with E-state index in [4.69, 9.17) is 9.47 Å². The molecule has 0 heterocycles. The average Bonchev–Trinajstić information content (AvgIpc) is 2.78. The van der Waals surface area contributed by atoms with Crippen LogP contribution in [0.25, 0.3) is 10.8 Å². The van der Waals surface area contributed by atoms with Gasteiger partial charge >= 0.3 is 0 Å². The predicted molar refractivity (Wildman–Crippen MR) is 135 cm³/mol. The van der Waals surface area contributed by atoms with Gasteiger partial charge in [-0.05, 0) is 97.1 Å². The summed E-state index contributed by atoms with van der Waals surface area (Å²) in [7, 11) is 0. The van der Waals surface area contributed by atoms with E-state index >= 15 is 0 Å². The lowest BCUT2D eigenvalue weighted by Gasteiger charge is -2.14. The second kappa shape index (κ2) is 10.2. The molecule has 0 spiro atoms. The molecule has 158 valence electrons. The Bertz CT molecular complexity index is 1150. The van der Waals surface area contributed by atoms with Crippen molar-refractivity contribution in [1.82, 2.24) is 0 Å². The summed E-state index contributed by atoms with van der Waals surface area (Å²) in [5.41, 5.74) is 3.36. The SMILES string of the molecule is CCOc1ccc(NCc2cc(Br)c(OCc3cccc4ccccc34)c(Br)c2)cc1. The summed E-state index contributed by atoms with van der Waals surface area (Å²) in [5.74, 6) is 1.68. The van der Waals surface area contributed by atoms with Crippen LogP contribution in [0, 0.1) is 0 Å². The number of rotatable bonds is 8. The Balaban J connectivity index is 1.43.